The molecule has 92 valence electrons. The Kier molecular flexibility index (Phi) is 3.92. The molecule has 0 saturated heterocycles. The largest absolute Gasteiger partial charge is 0.507 e. The second-order valence-electron chi connectivity index (χ2n) is 3.05. The molecule has 1 rings (SSSR count). The van der Waals surface area contributed by atoms with E-state index in [0.29, 0.717) is 0 Å². The number of phenols is 1. The van der Waals surface area contributed by atoms with Crippen molar-refractivity contribution in [2.24, 2.45) is 0 Å². The number of benzene rings is 1. The molecular formula is C11H12O6. The maximum Gasteiger partial charge on any atom is 0.342 e. The number of aromatic hydroxyl groups is 1. The van der Waals surface area contributed by atoms with Crippen molar-refractivity contribution in [3.63, 3.8) is 0 Å². The van der Waals surface area contributed by atoms with E-state index < -0.39 is 17.7 Å². The lowest BCUT2D eigenvalue weighted by Gasteiger charge is -2.10. The molecule has 0 aromatic heterocycles. The fourth-order valence-electron chi connectivity index (χ4n) is 1.31. The van der Waals surface area contributed by atoms with Crippen LogP contribution < -0.4 is 4.74 Å². The Hall–Kier alpha value is -2.24. The summed E-state index contributed by atoms with van der Waals surface area (Å²) in [7, 11) is 3.68. The molecule has 0 atom stereocenters. The number of hydrogen-bond acceptors (Lipinski definition) is 6. The van der Waals surface area contributed by atoms with Crippen LogP contribution in [0.3, 0.4) is 0 Å². The monoisotopic (exact) mass is 240 g/mol. The molecule has 6 heteroatoms. The molecule has 0 aliphatic rings. The van der Waals surface area contributed by atoms with Gasteiger partial charge in [0, 0.05) is 6.07 Å². The molecule has 0 aliphatic carbocycles. The van der Waals surface area contributed by atoms with Gasteiger partial charge in [-0.25, -0.2) is 9.59 Å². The Morgan fingerprint density at radius 3 is 2.12 bits per heavy atom. The van der Waals surface area contributed by atoms with Crippen LogP contribution in [0.1, 0.15) is 20.7 Å². The lowest BCUT2D eigenvalue weighted by atomic mass is 10.1. The summed E-state index contributed by atoms with van der Waals surface area (Å²) in [6.07, 6.45) is 0. The van der Waals surface area contributed by atoms with Crippen LogP contribution in [0, 0.1) is 0 Å². The van der Waals surface area contributed by atoms with Gasteiger partial charge in [0.15, 0.2) is 0 Å². The highest BCUT2D eigenvalue weighted by atomic mass is 16.5. The molecular weight excluding hydrogens is 228 g/mol. The second kappa shape index (κ2) is 5.20. The first-order valence-corrected chi connectivity index (χ1v) is 4.62. The van der Waals surface area contributed by atoms with Gasteiger partial charge < -0.3 is 19.3 Å². The van der Waals surface area contributed by atoms with Crippen LogP contribution in [0.5, 0.6) is 11.5 Å². The molecule has 0 bridgehead atoms. The summed E-state index contributed by atoms with van der Waals surface area (Å²) in [4.78, 5) is 22.9. The Labute approximate surface area is 97.7 Å². The summed E-state index contributed by atoms with van der Waals surface area (Å²) in [6.45, 7) is 0. The van der Waals surface area contributed by atoms with Gasteiger partial charge in [0.05, 0.1) is 26.9 Å². The molecule has 6 nitrogen and oxygen atoms in total. The number of methoxy groups -OCH3 is 3. The molecule has 0 heterocycles. The van der Waals surface area contributed by atoms with Crippen molar-refractivity contribution >= 4 is 11.9 Å². The molecule has 17 heavy (non-hydrogen) atoms. The van der Waals surface area contributed by atoms with E-state index in [4.69, 9.17) is 4.74 Å². The molecule has 0 unspecified atom stereocenters. The van der Waals surface area contributed by atoms with E-state index in [1.165, 1.54) is 26.4 Å². The smallest absolute Gasteiger partial charge is 0.342 e. The van der Waals surface area contributed by atoms with Gasteiger partial charge in [-0.1, -0.05) is 0 Å². The van der Waals surface area contributed by atoms with Gasteiger partial charge in [0.2, 0.25) is 0 Å². The number of ether oxygens (including phenoxy) is 3. The normalized spacial score (nSPS) is 9.59. The van der Waals surface area contributed by atoms with Crippen molar-refractivity contribution < 1.29 is 28.9 Å². The van der Waals surface area contributed by atoms with Crippen LogP contribution in [-0.2, 0) is 9.47 Å². The lowest BCUT2D eigenvalue weighted by molar-refractivity contribution is 0.0552. The summed E-state index contributed by atoms with van der Waals surface area (Å²) in [5.74, 6) is -1.77. The number of carbonyl (C=O) groups excluding carboxylic acids is 2. The zero-order chi connectivity index (χ0) is 13.0. The highest BCUT2D eigenvalue weighted by Gasteiger charge is 2.23. The fraction of sp³-hybridized carbons (Fsp3) is 0.273. The maximum absolute atomic E-state index is 11.5. The molecule has 1 aromatic rings. The first-order valence-electron chi connectivity index (χ1n) is 4.62. The minimum absolute atomic E-state index is 0.115. The number of carbonyl (C=O) groups is 2. The van der Waals surface area contributed by atoms with E-state index in [1.54, 1.807) is 0 Å². The number of rotatable bonds is 3. The molecule has 0 saturated carbocycles. The summed E-state index contributed by atoms with van der Waals surface area (Å²) in [5, 5.41) is 9.66. The van der Waals surface area contributed by atoms with Gasteiger partial charge >= 0.3 is 11.9 Å². The zero-order valence-corrected chi connectivity index (χ0v) is 9.64. The summed E-state index contributed by atoms with van der Waals surface area (Å²) in [5.41, 5.74) is -0.364. The van der Waals surface area contributed by atoms with Crippen molar-refractivity contribution in [3.8, 4) is 11.5 Å². The molecule has 0 fully saturated rings. The molecule has 1 aromatic carbocycles. The first kappa shape index (κ1) is 12.8. The third-order valence-electron chi connectivity index (χ3n) is 2.12. The van der Waals surface area contributed by atoms with Crippen LogP contribution in [0.4, 0.5) is 0 Å². The molecule has 0 radical (unpaired) electrons. The van der Waals surface area contributed by atoms with Crippen LogP contribution in [-0.4, -0.2) is 38.4 Å². The van der Waals surface area contributed by atoms with Crippen LogP contribution in [0.2, 0.25) is 0 Å². The average molecular weight is 240 g/mol. The highest BCUT2D eigenvalue weighted by molar-refractivity contribution is 6.05. The third kappa shape index (κ3) is 2.47. The number of esters is 2. The van der Waals surface area contributed by atoms with E-state index in [2.05, 4.69) is 9.47 Å². The molecule has 0 spiro atoms. The van der Waals surface area contributed by atoms with E-state index in [-0.39, 0.29) is 16.9 Å². The number of phenolic OH excluding ortho intramolecular Hbond substituents is 1. The van der Waals surface area contributed by atoms with Gasteiger partial charge in [0.25, 0.3) is 0 Å². The molecule has 0 aliphatic heterocycles. The van der Waals surface area contributed by atoms with E-state index in [1.807, 2.05) is 0 Å². The van der Waals surface area contributed by atoms with E-state index >= 15 is 0 Å². The maximum atomic E-state index is 11.5. The Balaban J connectivity index is 3.45. The minimum Gasteiger partial charge on any atom is -0.507 e. The van der Waals surface area contributed by atoms with Crippen LogP contribution in [0.15, 0.2) is 12.1 Å². The molecule has 1 N–H and O–H groups in total. The number of hydrogen-bond donors (Lipinski definition) is 1. The zero-order valence-electron chi connectivity index (χ0n) is 9.64. The van der Waals surface area contributed by atoms with Gasteiger partial charge in [-0.2, -0.15) is 0 Å². The van der Waals surface area contributed by atoms with Crippen molar-refractivity contribution in [2.45, 2.75) is 0 Å². The fourth-order valence-corrected chi connectivity index (χ4v) is 1.31. The predicted octanol–water partition coefficient (Wildman–Crippen LogP) is 0.974. The van der Waals surface area contributed by atoms with Crippen LogP contribution in [0.25, 0.3) is 0 Å². The van der Waals surface area contributed by atoms with Gasteiger partial charge in [-0.15, -0.1) is 0 Å². The minimum atomic E-state index is -0.828. The molecule has 0 amide bonds. The van der Waals surface area contributed by atoms with Gasteiger partial charge in [-0.05, 0) is 6.07 Å². The summed E-state index contributed by atoms with van der Waals surface area (Å²) < 4.78 is 13.9. The third-order valence-corrected chi connectivity index (χ3v) is 2.12. The Bertz CT molecular complexity index is 452. The van der Waals surface area contributed by atoms with Crippen molar-refractivity contribution in [3.05, 3.63) is 23.3 Å². The van der Waals surface area contributed by atoms with Gasteiger partial charge in [0.1, 0.15) is 17.1 Å². The SMILES string of the molecule is COC(=O)c1cc(OC)cc(O)c1C(=O)OC. The first-order chi connectivity index (χ1) is 8.04. The van der Waals surface area contributed by atoms with Crippen molar-refractivity contribution in [1.29, 1.82) is 0 Å². The van der Waals surface area contributed by atoms with E-state index in [9.17, 15) is 14.7 Å². The van der Waals surface area contributed by atoms with Gasteiger partial charge in [-0.3, -0.25) is 0 Å². The highest BCUT2D eigenvalue weighted by Crippen LogP contribution is 2.28. The standard InChI is InChI=1S/C11H12O6/c1-15-6-4-7(10(13)16-2)9(8(12)5-6)11(14)17-3/h4-5,12H,1-3H3. The Morgan fingerprint density at radius 1 is 1.06 bits per heavy atom. The quantitative estimate of drug-likeness (QED) is 0.793. The van der Waals surface area contributed by atoms with Crippen molar-refractivity contribution in [2.75, 3.05) is 21.3 Å². The second-order valence-corrected chi connectivity index (χ2v) is 3.05. The lowest BCUT2D eigenvalue weighted by Crippen LogP contribution is -2.12. The average Bonchev–Trinajstić information content (AvgIpc) is 2.35. The Morgan fingerprint density at radius 2 is 1.65 bits per heavy atom. The summed E-state index contributed by atoms with van der Waals surface area (Å²) in [6, 6.07) is 2.50. The topological polar surface area (TPSA) is 82.1 Å². The predicted molar refractivity (Wildman–Crippen MR) is 57.3 cm³/mol. The summed E-state index contributed by atoms with van der Waals surface area (Å²) >= 11 is 0. The van der Waals surface area contributed by atoms with E-state index in [0.717, 1.165) is 7.11 Å². The van der Waals surface area contributed by atoms with Crippen molar-refractivity contribution in [1.82, 2.24) is 0 Å². The van der Waals surface area contributed by atoms with Crippen LogP contribution >= 0.6 is 0 Å².